The second-order valence-corrected chi connectivity index (χ2v) is 4.48. The van der Waals surface area contributed by atoms with Crippen molar-refractivity contribution < 1.29 is 0 Å². The van der Waals surface area contributed by atoms with E-state index in [1.54, 1.807) is 12.5 Å². The lowest BCUT2D eigenvalue weighted by Crippen LogP contribution is -2.06. The highest BCUT2D eigenvalue weighted by Gasteiger charge is 2.04. The minimum absolute atomic E-state index is 0.687. The number of rotatable bonds is 4. The van der Waals surface area contributed by atoms with Crippen LogP contribution in [0.2, 0.25) is 0 Å². The van der Waals surface area contributed by atoms with Gasteiger partial charge >= 0.3 is 0 Å². The predicted octanol–water partition coefficient (Wildman–Crippen LogP) is 2.58. The van der Waals surface area contributed by atoms with Crippen LogP contribution in [0.25, 0.3) is 5.69 Å². The maximum atomic E-state index is 4.28. The number of hydrogen-bond donors (Lipinski definition) is 1. The van der Waals surface area contributed by atoms with Crippen LogP contribution in [0.4, 0.5) is 5.82 Å². The molecule has 0 saturated carbocycles. The van der Waals surface area contributed by atoms with Gasteiger partial charge in [0.1, 0.15) is 12.1 Å². The minimum Gasteiger partial charge on any atom is -0.366 e. The van der Waals surface area contributed by atoms with E-state index in [4.69, 9.17) is 0 Å². The van der Waals surface area contributed by atoms with Crippen molar-refractivity contribution in [1.82, 2.24) is 19.7 Å². The highest BCUT2D eigenvalue weighted by molar-refractivity contribution is 5.43. The normalized spacial score (nSPS) is 10.4. The van der Waals surface area contributed by atoms with E-state index in [1.165, 1.54) is 0 Å². The highest BCUT2D eigenvalue weighted by atomic mass is 15.3. The molecule has 5 nitrogen and oxygen atoms in total. The zero-order valence-corrected chi connectivity index (χ0v) is 11.2. The third kappa shape index (κ3) is 2.66. The lowest BCUT2D eigenvalue weighted by molar-refractivity contribution is 0.863. The Labute approximate surface area is 117 Å². The van der Waals surface area contributed by atoms with Crippen molar-refractivity contribution in [2.75, 3.05) is 5.32 Å². The zero-order chi connectivity index (χ0) is 13.8. The van der Waals surface area contributed by atoms with Crippen LogP contribution < -0.4 is 5.32 Å². The summed E-state index contributed by atoms with van der Waals surface area (Å²) in [4.78, 5) is 8.29. The Kier molecular flexibility index (Phi) is 3.41. The Morgan fingerprint density at radius 1 is 1.15 bits per heavy atom. The van der Waals surface area contributed by atoms with E-state index in [-0.39, 0.29) is 0 Å². The largest absolute Gasteiger partial charge is 0.366 e. The first kappa shape index (κ1) is 12.3. The number of aromatic nitrogens is 4. The molecule has 2 heterocycles. The molecule has 2 aromatic heterocycles. The van der Waals surface area contributed by atoms with Gasteiger partial charge in [-0.15, -0.1) is 0 Å². The van der Waals surface area contributed by atoms with Gasteiger partial charge in [0.05, 0.1) is 5.69 Å². The van der Waals surface area contributed by atoms with Crippen molar-refractivity contribution in [3.05, 3.63) is 66.4 Å². The smallest absolute Gasteiger partial charge is 0.129 e. The first-order valence-electron chi connectivity index (χ1n) is 6.43. The average Bonchev–Trinajstić information content (AvgIpc) is 3.00. The molecule has 0 bridgehead atoms. The molecule has 0 aliphatic heterocycles. The van der Waals surface area contributed by atoms with Gasteiger partial charge in [-0.1, -0.05) is 18.2 Å². The number of hydrogen-bond acceptors (Lipinski definition) is 4. The van der Waals surface area contributed by atoms with E-state index in [9.17, 15) is 0 Å². The predicted molar refractivity (Wildman–Crippen MR) is 77.7 cm³/mol. The molecule has 100 valence electrons. The molecule has 3 rings (SSSR count). The molecule has 0 fully saturated rings. The zero-order valence-electron chi connectivity index (χ0n) is 11.2. The molecule has 0 atom stereocenters. The molecule has 0 spiro atoms. The second kappa shape index (κ2) is 5.52. The Bertz CT molecular complexity index is 691. The fourth-order valence-electron chi connectivity index (χ4n) is 2.03. The van der Waals surface area contributed by atoms with Crippen molar-refractivity contribution in [2.45, 2.75) is 13.5 Å². The molecule has 0 amide bonds. The summed E-state index contributed by atoms with van der Waals surface area (Å²) in [6.45, 7) is 2.64. The summed E-state index contributed by atoms with van der Waals surface area (Å²) in [6, 6.07) is 12.0. The van der Waals surface area contributed by atoms with Crippen molar-refractivity contribution in [1.29, 1.82) is 0 Å². The molecule has 1 aromatic carbocycles. The van der Waals surface area contributed by atoms with Crippen molar-refractivity contribution in [2.24, 2.45) is 0 Å². The molecule has 1 N–H and O–H groups in total. The van der Waals surface area contributed by atoms with Crippen LogP contribution in [-0.2, 0) is 6.54 Å². The van der Waals surface area contributed by atoms with Gasteiger partial charge in [-0.3, -0.25) is 0 Å². The Balaban J connectivity index is 1.81. The van der Waals surface area contributed by atoms with E-state index < -0.39 is 0 Å². The Hall–Kier alpha value is -2.69. The number of para-hydroxylation sites is 1. The molecule has 0 radical (unpaired) electrons. The van der Waals surface area contributed by atoms with Gasteiger partial charge in [0.2, 0.25) is 0 Å². The maximum absolute atomic E-state index is 4.28. The summed E-state index contributed by atoms with van der Waals surface area (Å²) in [5.74, 6) is 0.827. The monoisotopic (exact) mass is 265 g/mol. The van der Waals surface area contributed by atoms with Crippen molar-refractivity contribution in [3.8, 4) is 5.69 Å². The fourth-order valence-corrected chi connectivity index (χ4v) is 2.03. The standard InChI is InChI=1S/C15H15N5/c1-12-9-15(18-11-17-12)16-10-13-5-2-3-6-14(13)20-8-4-7-19-20/h2-9,11H,10H2,1H3,(H,16,17,18). The van der Waals surface area contributed by atoms with E-state index in [0.29, 0.717) is 6.54 Å². The van der Waals surface area contributed by atoms with Gasteiger partial charge in [0.25, 0.3) is 0 Å². The van der Waals surface area contributed by atoms with E-state index in [1.807, 2.05) is 42.1 Å². The van der Waals surface area contributed by atoms with Crippen molar-refractivity contribution >= 4 is 5.82 Å². The molecule has 0 saturated heterocycles. The van der Waals surface area contributed by atoms with Crippen LogP contribution in [-0.4, -0.2) is 19.7 Å². The molecular weight excluding hydrogens is 250 g/mol. The number of nitrogens with one attached hydrogen (secondary N) is 1. The summed E-state index contributed by atoms with van der Waals surface area (Å²) in [5, 5.41) is 7.59. The lowest BCUT2D eigenvalue weighted by atomic mass is 10.2. The van der Waals surface area contributed by atoms with Crippen molar-refractivity contribution in [3.63, 3.8) is 0 Å². The van der Waals surface area contributed by atoms with Gasteiger partial charge in [-0.25, -0.2) is 14.6 Å². The molecule has 0 aliphatic carbocycles. The molecule has 5 heteroatoms. The average molecular weight is 265 g/mol. The van der Waals surface area contributed by atoms with Crippen LogP contribution in [0.5, 0.6) is 0 Å². The third-order valence-corrected chi connectivity index (χ3v) is 3.01. The molecular formula is C15H15N5. The van der Waals surface area contributed by atoms with Crippen LogP contribution in [0.1, 0.15) is 11.3 Å². The fraction of sp³-hybridized carbons (Fsp3) is 0.133. The third-order valence-electron chi connectivity index (χ3n) is 3.01. The van der Waals surface area contributed by atoms with E-state index >= 15 is 0 Å². The van der Waals surface area contributed by atoms with E-state index in [0.717, 1.165) is 22.8 Å². The molecule has 0 unspecified atom stereocenters. The molecule has 3 aromatic rings. The van der Waals surface area contributed by atoms with Gasteiger partial charge in [-0.2, -0.15) is 5.10 Å². The summed E-state index contributed by atoms with van der Waals surface area (Å²) in [5.41, 5.74) is 3.17. The van der Waals surface area contributed by atoms with Crippen LogP contribution in [0.3, 0.4) is 0 Å². The summed E-state index contributed by atoms with van der Waals surface area (Å²) < 4.78 is 1.86. The first-order valence-corrected chi connectivity index (χ1v) is 6.43. The van der Waals surface area contributed by atoms with Crippen LogP contribution >= 0.6 is 0 Å². The van der Waals surface area contributed by atoms with Crippen LogP contribution in [0, 0.1) is 6.92 Å². The SMILES string of the molecule is Cc1cc(NCc2ccccc2-n2cccn2)ncn1. The van der Waals surface area contributed by atoms with E-state index in [2.05, 4.69) is 32.5 Å². The van der Waals surface area contributed by atoms with Gasteiger partial charge in [-0.05, 0) is 24.6 Å². The summed E-state index contributed by atoms with van der Waals surface area (Å²) in [7, 11) is 0. The summed E-state index contributed by atoms with van der Waals surface area (Å²) in [6.07, 6.45) is 5.28. The lowest BCUT2D eigenvalue weighted by Gasteiger charge is -2.11. The number of anilines is 1. The number of nitrogens with zero attached hydrogens (tertiary/aromatic N) is 4. The van der Waals surface area contributed by atoms with Gasteiger partial charge in [0.15, 0.2) is 0 Å². The maximum Gasteiger partial charge on any atom is 0.129 e. The molecule has 20 heavy (non-hydrogen) atoms. The minimum atomic E-state index is 0.687. The first-order chi connectivity index (χ1) is 9.83. The number of aryl methyl sites for hydroxylation is 1. The topological polar surface area (TPSA) is 55.6 Å². The van der Waals surface area contributed by atoms with Gasteiger partial charge in [0, 0.05) is 30.7 Å². The summed E-state index contributed by atoms with van der Waals surface area (Å²) >= 11 is 0. The molecule has 0 aliphatic rings. The Morgan fingerprint density at radius 3 is 2.85 bits per heavy atom. The Morgan fingerprint density at radius 2 is 2.05 bits per heavy atom. The van der Waals surface area contributed by atoms with Crippen LogP contribution in [0.15, 0.2) is 55.1 Å². The highest BCUT2D eigenvalue weighted by Crippen LogP contribution is 2.15. The second-order valence-electron chi connectivity index (χ2n) is 4.48. The number of benzene rings is 1. The quantitative estimate of drug-likeness (QED) is 0.787. The van der Waals surface area contributed by atoms with Gasteiger partial charge < -0.3 is 5.32 Å².